The monoisotopic (exact) mass is 383 g/mol. The van der Waals surface area contributed by atoms with E-state index in [2.05, 4.69) is 21.4 Å². The van der Waals surface area contributed by atoms with Gasteiger partial charge in [0.15, 0.2) is 0 Å². The quantitative estimate of drug-likeness (QED) is 0.709. The van der Waals surface area contributed by atoms with Crippen LogP contribution in [0.1, 0.15) is 36.0 Å². The van der Waals surface area contributed by atoms with Crippen molar-refractivity contribution in [2.75, 3.05) is 11.1 Å². The molecule has 3 N–H and O–H groups in total. The van der Waals surface area contributed by atoms with Crippen LogP contribution in [0.25, 0.3) is 11.1 Å². The summed E-state index contributed by atoms with van der Waals surface area (Å²) in [7, 11) is 0. The van der Waals surface area contributed by atoms with E-state index in [4.69, 9.17) is 11.0 Å². The second-order valence-corrected chi connectivity index (χ2v) is 7.44. The van der Waals surface area contributed by atoms with Crippen LogP contribution in [0.5, 0.6) is 0 Å². The zero-order valence-corrected chi connectivity index (χ0v) is 16.1. The molecule has 144 valence electrons. The Morgan fingerprint density at radius 2 is 1.79 bits per heavy atom. The fourth-order valence-electron chi connectivity index (χ4n) is 3.76. The van der Waals surface area contributed by atoms with Crippen molar-refractivity contribution in [3.8, 4) is 17.2 Å². The van der Waals surface area contributed by atoms with E-state index in [1.807, 2.05) is 37.3 Å². The third-order valence-electron chi connectivity index (χ3n) is 5.69. The van der Waals surface area contributed by atoms with Crippen LogP contribution >= 0.6 is 0 Å². The van der Waals surface area contributed by atoms with Crippen molar-refractivity contribution in [3.63, 3.8) is 0 Å². The number of hydrogen-bond donors (Lipinski definition) is 2. The molecular weight excluding hydrogens is 362 g/mol. The molecule has 6 nitrogen and oxygen atoms in total. The molecule has 1 aliphatic rings. The summed E-state index contributed by atoms with van der Waals surface area (Å²) < 4.78 is 0. The maximum absolute atomic E-state index is 13.2. The number of anilines is 2. The lowest BCUT2D eigenvalue weighted by Crippen LogP contribution is -2.46. The van der Waals surface area contributed by atoms with Crippen molar-refractivity contribution < 1.29 is 4.79 Å². The highest BCUT2D eigenvalue weighted by Crippen LogP contribution is 2.45. The molecule has 1 fully saturated rings. The van der Waals surface area contributed by atoms with Crippen molar-refractivity contribution in [3.05, 3.63) is 71.5 Å². The minimum Gasteiger partial charge on any atom is -0.368 e. The Bertz CT molecular complexity index is 1090. The summed E-state index contributed by atoms with van der Waals surface area (Å²) in [6.45, 7) is 1.87. The molecule has 0 atom stereocenters. The first kappa shape index (κ1) is 18.6. The minimum atomic E-state index is -0.516. The molecule has 0 bridgehead atoms. The van der Waals surface area contributed by atoms with Crippen LogP contribution in [0.2, 0.25) is 0 Å². The molecule has 29 heavy (non-hydrogen) atoms. The summed E-state index contributed by atoms with van der Waals surface area (Å²) in [4.78, 5) is 21.2. The Morgan fingerprint density at radius 1 is 1.10 bits per heavy atom. The van der Waals surface area contributed by atoms with E-state index < -0.39 is 5.41 Å². The maximum Gasteiger partial charge on any atom is 0.235 e. The highest BCUT2D eigenvalue weighted by Gasteiger charge is 2.45. The van der Waals surface area contributed by atoms with E-state index in [9.17, 15) is 4.79 Å². The van der Waals surface area contributed by atoms with Crippen LogP contribution in [0.15, 0.2) is 54.9 Å². The summed E-state index contributed by atoms with van der Waals surface area (Å²) in [5.74, 6) is 0.241. The number of aryl methyl sites for hydroxylation is 1. The van der Waals surface area contributed by atoms with Crippen molar-refractivity contribution in [2.24, 2.45) is 0 Å². The summed E-state index contributed by atoms with van der Waals surface area (Å²) in [5, 5.41) is 12.1. The van der Waals surface area contributed by atoms with Crippen molar-refractivity contribution >= 4 is 17.5 Å². The number of amides is 1. The molecule has 2 aromatic carbocycles. The van der Waals surface area contributed by atoms with Gasteiger partial charge < -0.3 is 11.1 Å². The average molecular weight is 383 g/mol. The molecule has 0 spiro atoms. The number of nitrogens with zero attached hydrogens (tertiary/aromatic N) is 3. The number of aromatic nitrogens is 2. The van der Waals surface area contributed by atoms with E-state index >= 15 is 0 Å². The highest BCUT2D eigenvalue weighted by atomic mass is 16.2. The molecule has 0 saturated heterocycles. The number of hydrogen-bond acceptors (Lipinski definition) is 5. The maximum atomic E-state index is 13.2. The van der Waals surface area contributed by atoms with Crippen LogP contribution in [0.4, 0.5) is 11.6 Å². The Morgan fingerprint density at radius 3 is 2.34 bits per heavy atom. The number of nitrogens with two attached hydrogens (primary N) is 1. The molecule has 1 aromatic heterocycles. The van der Waals surface area contributed by atoms with E-state index in [0.29, 0.717) is 11.3 Å². The van der Waals surface area contributed by atoms with Gasteiger partial charge in [0.2, 0.25) is 11.9 Å². The molecule has 4 rings (SSSR count). The Kier molecular flexibility index (Phi) is 4.73. The average Bonchev–Trinajstić information content (AvgIpc) is 2.68. The third kappa shape index (κ3) is 3.43. The molecule has 0 radical (unpaired) electrons. The summed E-state index contributed by atoms with van der Waals surface area (Å²) in [6.07, 6.45) is 6.04. The van der Waals surface area contributed by atoms with E-state index in [1.165, 1.54) is 0 Å². The van der Waals surface area contributed by atoms with Crippen LogP contribution < -0.4 is 11.1 Å². The fraction of sp³-hybridized carbons (Fsp3) is 0.217. The van der Waals surface area contributed by atoms with Gasteiger partial charge in [0.1, 0.15) is 0 Å². The number of carbonyl (C=O) groups excluding carboxylic acids is 1. The first-order chi connectivity index (χ1) is 14.0. The smallest absolute Gasteiger partial charge is 0.235 e. The van der Waals surface area contributed by atoms with Crippen molar-refractivity contribution in [1.29, 1.82) is 5.26 Å². The van der Waals surface area contributed by atoms with Gasteiger partial charge in [-0.2, -0.15) is 5.26 Å². The van der Waals surface area contributed by atoms with Crippen LogP contribution in [-0.2, 0) is 10.2 Å². The SMILES string of the molecule is Cc1cc(NC(=O)C2(c3ccc(-c4cnc(N)nc4)cc3)CCC2)ccc1C#N. The highest BCUT2D eigenvalue weighted by molar-refractivity contribution is 6.00. The number of benzene rings is 2. The molecule has 1 heterocycles. The van der Waals surface area contributed by atoms with Gasteiger partial charge in [-0.05, 0) is 54.7 Å². The second kappa shape index (κ2) is 7.36. The van der Waals surface area contributed by atoms with Gasteiger partial charge >= 0.3 is 0 Å². The summed E-state index contributed by atoms with van der Waals surface area (Å²) in [6, 6.07) is 15.5. The van der Waals surface area contributed by atoms with Gasteiger partial charge in [-0.15, -0.1) is 0 Å². The van der Waals surface area contributed by atoms with E-state index in [-0.39, 0.29) is 11.9 Å². The van der Waals surface area contributed by atoms with E-state index in [1.54, 1.807) is 24.5 Å². The molecule has 6 heteroatoms. The summed E-state index contributed by atoms with van der Waals surface area (Å²) in [5.41, 5.74) is 10.1. The lowest BCUT2D eigenvalue weighted by atomic mass is 9.63. The molecule has 1 amide bonds. The molecule has 1 aliphatic carbocycles. The lowest BCUT2D eigenvalue weighted by Gasteiger charge is -2.40. The molecule has 3 aromatic rings. The lowest BCUT2D eigenvalue weighted by molar-refractivity contribution is -0.124. The van der Waals surface area contributed by atoms with Crippen molar-refractivity contribution in [2.45, 2.75) is 31.6 Å². The van der Waals surface area contributed by atoms with Crippen LogP contribution in [-0.4, -0.2) is 15.9 Å². The Balaban J connectivity index is 1.57. The Hall–Kier alpha value is -3.72. The fourth-order valence-corrected chi connectivity index (χ4v) is 3.76. The van der Waals surface area contributed by atoms with E-state index in [0.717, 1.165) is 41.5 Å². The van der Waals surface area contributed by atoms with Crippen LogP contribution in [0.3, 0.4) is 0 Å². The molecule has 0 aliphatic heterocycles. The molecule has 1 saturated carbocycles. The minimum absolute atomic E-state index is 0.00331. The van der Waals surface area contributed by atoms with Gasteiger partial charge in [0, 0.05) is 23.6 Å². The number of nitrogens with one attached hydrogen (secondary N) is 1. The number of nitrogen functional groups attached to an aromatic ring is 1. The number of rotatable bonds is 4. The number of carbonyl (C=O) groups is 1. The molecule has 0 unspecified atom stereocenters. The zero-order chi connectivity index (χ0) is 20.4. The van der Waals surface area contributed by atoms with Gasteiger partial charge in [-0.25, -0.2) is 9.97 Å². The first-order valence-corrected chi connectivity index (χ1v) is 9.52. The van der Waals surface area contributed by atoms with Crippen LogP contribution in [0, 0.1) is 18.3 Å². The van der Waals surface area contributed by atoms with Gasteiger partial charge in [-0.1, -0.05) is 30.7 Å². The van der Waals surface area contributed by atoms with Crippen molar-refractivity contribution in [1.82, 2.24) is 9.97 Å². The predicted octanol–water partition coefficient (Wildman–Crippen LogP) is 3.97. The first-order valence-electron chi connectivity index (χ1n) is 9.52. The largest absolute Gasteiger partial charge is 0.368 e. The normalized spacial score (nSPS) is 14.5. The molecular formula is C23H21N5O. The Labute approximate surface area is 169 Å². The second-order valence-electron chi connectivity index (χ2n) is 7.44. The number of nitriles is 1. The zero-order valence-electron chi connectivity index (χ0n) is 16.1. The topological polar surface area (TPSA) is 105 Å². The predicted molar refractivity (Wildman–Crippen MR) is 112 cm³/mol. The van der Waals surface area contributed by atoms with Gasteiger partial charge in [0.05, 0.1) is 17.0 Å². The summed E-state index contributed by atoms with van der Waals surface area (Å²) >= 11 is 0. The standard InChI is InChI=1S/C23H21N5O/c1-15-11-20(8-5-17(15)12-24)28-21(29)23(9-2-10-23)19-6-3-16(4-7-19)18-13-26-22(25)27-14-18/h3-8,11,13-14H,2,9-10H2,1H3,(H,28,29)(H2,25,26,27). The van der Waals surface area contributed by atoms with Gasteiger partial charge in [-0.3, -0.25) is 4.79 Å². The van der Waals surface area contributed by atoms with Gasteiger partial charge in [0.25, 0.3) is 0 Å². The third-order valence-corrected chi connectivity index (χ3v) is 5.69.